The highest BCUT2D eigenvalue weighted by molar-refractivity contribution is 5.91. The van der Waals surface area contributed by atoms with Gasteiger partial charge in [-0.15, -0.1) is 0 Å². The van der Waals surface area contributed by atoms with Gasteiger partial charge in [-0.1, -0.05) is 42.5 Å². The zero-order valence-electron chi connectivity index (χ0n) is 16.8. The summed E-state index contributed by atoms with van der Waals surface area (Å²) in [6.07, 6.45) is 3.37. The summed E-state index contributed by atoms with van der Waals surface area (Å²) in [5, 5.41) is 19.1. The van der Waals surface area contributed by atoms with E-state index in [1.54, 1.807) is 12.1 Å². The third kappa shape index (κ3) is 6.27. The van der Waals surface area contributed by atoms with Crippen molar-refractivity contribution in [1.82, 2.24) is 0 Å². The first-order valence-electron chi connectivity index (χ1n) is 10.1. The maximum Gasteiger partial charge on any atom is 0.339 e. The molecule has 0 aliphatic heterocycles. The van der Waals surface area contributed by atoms with Crippen molar-refractivity contribution in [2.24, 2.45) is 0 Å². The number of para-hydroxylation sites is 2. The quantitative estimate of drug-likeness (QED) is 0.433. The van der Waals surface area contributed by atoms with Crippen molar-refractivity contribution >= 4 is 5.97 Å². The first-order valence-corrected chi connectivity index (χ1v) is 10.1. The molecule has 30 heavy (non-hydrogen) atoms. The van der Waals surface area contributed by atoms with Crippen molar-refractivity contribution in [2.45, 2.75) is 25.7 Å². The predicted octanol–water partition coefficient (Wildman–Crippen LogP) is 5.11. The molecule has 3 rings (SSSR count). The molecule has 3 aromatic rings. The number of carbonyl (C=O) groups is 1. The van der Waals surface area contributed by atoms with E-state index in [-0.39, 0.29) is 11.3 Å². The first-order chi connectivity index (χ1) is 14.6. The number of rotatable bonds is 11. The number of hydrogen-bond donors (Lipinski definition) is 2. The van der Waals surface area contributed by atoms with E-state index in [2.05, 4.69) is 12.1 Å². The zero-order chi connectivity index (χ0) is 21.2. The molecule has 156 valence electrons. The van der Waals surface area contributed by atoms with E-state index in [4.69, 9.17) is 14.6 Å². The van der Waals surface area contributed by atoms with E-state index in [0.717, 1.165) is 30.8 Å². The number of aryl methyl sites for hydroxylation is 2. The van der Waals surface area contributed by atoms with Crippen LogP contribution >= 0.6 is 0 Å². The van der Waals surface area contributed by atoms with Gasteiger partial charge in [0.05, 0.1) is 0 Å². The van der Waals surface area contributed by atoms with Gasteiger partial charge in [0.25, 0.3) is 0 Å². The monoisotopic (exact) mass is 406 g/mol. The summed E-state index contributed by atoms with van der Waals surface area (Å²) in [5.41, 5.74) is 1.85. The maximum absolute atomic E-state index is 11.1. The van der Waals surface area contributed by atoms with Gasteiger partial charge in [0.2, 0.25) is 0 Å². The molecule has 5 nitrogen and oxygen atoms in total. The lowest BCUT2D eigenvalue weighted by atomic mass is 10.0. The van der Waals surface area contributed by atoms with E-state index in [0.29, 0.717) is 25.2 Å². The first kappa shape index (κ1) is 21.2. The van der Waals surface area contributed by atoms with Crippen LogP contribution in [-0.2, 0) is 12.8 Å². The fourth-order valence-electron chi connectivity index (χ4n) is 3.20. The fraction of sp³-hybridized carbons (Fsp3) is 0.240. The lowest BCUT2D eigenvalue weighted by Crippen LogP contribution is -2.08. The minimum absolute atomic E-state index is 0.0442. The summed E-state index contributed by atoms with van der Waals surface area (Å²) in [6.45, 7) is 0.967. The van der Waals surface area contributed by atoms with Crippen LogP contribution in [-0.4, -0.2) is 29.4 Å². The zero-order valence-corrected chi connectivity index (χ0v) is 16.8. The molecule has 0 amide bonds. The van der Waals surface area contributed by atoms with Crippen molar-refractivity contribution in [2.75, 3.05) is 13.2 Å². The summed E-state index contributed by atoms with van der Waals surface area (Å²) < 4.78 is 11.3. The van der Waals surface area contributed by atoms with Gasteiger partial charge in [-0.25, -0.2) is 4.79 Å². The average molecular weight is 406 g/mol. The molecule has 0 radical (unpaired) electrons. The Bertz CT molecular complexity index is 936. The van der Waals surface area contributed by atoms with Crippen LogP contribution in [0.5, 0.6) is 17.2 Å². The largest absolute Gasteiger partial charge is 0.507 e. The Kier molecular flexibility index (Phi) is 7.72. The summed E-state index contributed by atoms with van der Waals surface area (Å²) >= 11 is 0. The molecule has 0 spiro atoms. The van der Waals surface area contributed by atoms with E-state index < -0.39 is 5.97 Å². The Labute approximate surface area is 176 Å². The van der Waals surface area contributed by atoms with E-state index in [1.807, 2.05) is 42.5 Å². The minimum atomic E-state index is -1.11. The van der Waals surface area contributed by atoms with E-state index in [9.17, 15) is 9.90 Å². The van der Waals surface area contributed by atoms with E-state index in [1.165, 1.54) is 11.6 Å². The van der Waals surface area contributed by atoms with E-state index >= 15 is 0 Å². The Hall–Kier alpha value is -3.47. The molecule has 0 aliphatic carbocycles. The molecule has 0 saturated heterocycles. The highest BCUT2D eigenvalue weighted by atomic mass is 16.5. The molecule has 0 heterocycles. The maximum atomic E-state index is 11.1. The number of hydrogen-bond acceptors (Lipinski definition) is 4. The molecular formula is C25H26O5. The summed E-state index contributed by atoms with van der Waals surface area (Å²) in [6, 6.07) is 22.5. The summed E-state index contributed by atoms with van der Waals surface area (Å²) in [7, 11) is 0. The van der Waals surface area contributed by atoms with Gasteiger partial charge in [0.1, 0.15) is 36.0 Å². The van der Waals surface area contributed by atoms with Crippen LogP contribution in [0.2, 0.25) is 0 Å². The van der Waals surface area contributed by atoms with Gasteiger partial charge in [0, 0.05) is 0 Å². The average Bonchev–Trinajstić information content (AvgIpc) is 2.77. The van der Waals surface area contributed by atoms with Gasteiger partial charge in [-0.05, 0) is 67.1 Å². The highest BCUT2D eigenvalue weighted by Gasteiger charge is 2.12. The molecule has 0 unspecified atom stereocenters. The Balaban J connectivity index is 1.37. The SMILES string of the molecule is O=C(O)c1cccc(CCCCc2ccc(OCCOc3ccccc3)cc2)c1O. The van der Waals surface area contributed by atoms with Crippen LogP contribution in [0.3, 0.4) is 0 Å². The third-order valence-electron chi connectivity index (χ3n) is 4.80. The second kappa shape index (κ2) is 10.9. The van der Waals surface area contributed by atoms with Gasteiger partial charge < -0.3 is 19.7 Å². The second-order valence-corrected chi connectivity index (χ2v) is 6.98. The van der Waals surface area contributed by atoms with Crippen LogP contribution in [0.25, 0.3) is 0 Å². The number of benzene rings is 3. The minimum Gasteiger partial charge on any atom is -0.507 e. The lowest BCUT2D eigenvalue weighted by molar-refractivity contribution is 0.0693. The van der Waals surface area contributed by atoms with Crippen LogP contribution < -0.4 is 9.47 Å². The standard InChI is InChI=1S/C25H26O5/c26-24-20(9-6-12-23(24)25(27)28)8-5-4-7-19-13-15-22(16-14-19)30-18-17-29-21-10-2-1-3-11-21/h1-3,6,9-16,26H,4-5,7-8,17-18H2,(H,27,28). The Morgan fingerprint density at radius 3 is 2.03 bits per heavy atom. The second-order valence-electron chi connectivity index (χ2n) is 6.98. The fourth-order valence-corrected chi connectivity index (χ4v) is 3.20. The number of carboxylic acid groups (broad SMARTS) is 1. The number of aromatic carboxylic acids is 1. The lowest BCUT2D eigenvalue weighted by Gasteiger charge is -2.09. The van der Waals surface area contributed by atoms with Crippen LogP contribution in [0.15, 0.2) is 72.8 Å². The molecule has 0 fully saturated rings. The van der Waals surface area contributed by atoms with Gasteiger partial charge >= 0.3 is 5.97 Å². The van der Waals surface area contributed by atoms with Crippen molar-refractivity contribution in [1.29, 1.82) is 0 Å². The summed E-state index contributed by atoms with van der Waals surface area (Å²) in [4.78, 5) is 11.1. The summed E-state index contributed by atoms with van der Waals surface area (Å²) in [5.74, 6) is 0.413. The molecule has 0 atom stereocenters. The smallest absolute Gasteiger partial charge is 0.339 e. The molecule has 0 saturated carbocycles. The van der Waals surface area contributed by atoms with Gasteiger partial charge in [-0.2, -0.15) is 0 Å². The normalized spacial score (nSPS) is 10.5. The molecule has 0 aromatic heterocycles. The molecule has 5 heteroatoms. The van der Waals surface area contributed by atoms with Crippen LogP contribution in [0, 0.1) is 0 Å². The van der Waals surface area contributed by atoms with Crippen molar-refractivity contribution in [3.63, 3.8) is 0 Å². The van der Waals surface area contributed by atoms with Crippen molar-refractivity contribution in [3.05, 3.63) is 89.5 Å². The molecule has 0 bridgehead atoms. The van der Waals surface area contributed by atoms with Crippen molar-refractivity contribution < 1.29 is 24.5 Å². The van der Waals surface area contributed by atoms with Crippen molar-refractivity contribution in [3.8, 4) is 17.2 Å². The van der Waals surface area contributed by atoms with Gasteiger partial charge in [0.15, 0.2) is 0 Å². The molecular weight excluding hydrogens is 380 g/mol. The number of ether oxygens (including phenoxy) is 2. The number of carboxylic acids is 1. The third-order valence-corrected chi connectivity index (χ3v) is 4.80. The number of unbranched alkanes of at least 4 members (excludes halogenated alkanes) is 1. The van der Waals surface area contributed by atoms with Gasteiger partial charge in [-0.3, -0.25) is 0 Å². The van der Waals surface area contributed by atoms with Crippen LogP contribution in [0.1, 0.15) is 34.3 Å². The Morgan fingerprint density at radius 2 is 1.37 bits per heavy atom. The Morgan fingerprint density at radius 1 is 0.733 bits per heavy atom. The molecule has 2 N–H and O–H groups in total. The van der Waals surface area contributed by atoms with Crippen LogP contribution in [0.4, 0.5) is 0 Å². The highest BCUT2D eigenvalue weighted by Crippen LogP contribution is 2.24. The number of aromatic hydroxyl groups is 1. The molecule has 0 aliphatic rings. The number of phenols is 1. The topological polar surface area (TPSA) is 76.0 Å². The predicted molar refractivity (Wildman–Crippen MR) is 116 cm³/mol. The molecule has 3 aromatic carbocycles.